The summed E-state index contributed by atoms with van der Waals surface area (Å²) in [6.45, 7) is 1.15. The van der Waals surface area contributed by atoms with Crippen molar-refractivity contribution in [1.82, 2.24) is 5.32 Å². The molecule has 1 aliphatic heterocycles. The second kappa shape index (κ2) is 6.93. The van der Waals surface area contributed by atoms with Gasteiger partial charge < -0.3 is 5.32 Å². The van der Waals surface area contributed by atoms with Gasteiger partial charge in [0.2, 0.25) is 0 Å². The largest absolute Gasteiger partial charge is 0.305 e. The molecule has 3 rings (SSSR count). The van der Waals surface area contributed by atoms with Crippen LogP contribution >= 0.6 is 34.4 Å². The molecule has 0 saturated carbocycles. The SMILES string of the molecule is c1csc(C(NCC2CCSCC2)c2cccs2)c1. The Bertz CT molecular complexity index is 423. The Morgan fingerprint density at radius 3 is 2.21 bits per heavy atom. The fourth-order valence-corrected chi connectivity index (χ4v) is 5.40. The molecule has 102 valence electrons. The summed E-state index contributed by atoms with van der Waals surface area (Å²) in [5.74, 6) is 3.55. The topological polar surface area (TPSA) is 12.0 Å². The van der Waals surface area contributed by atoms with Crippen molar-refractivity contribution in [3.8, 4) is 0 Å². The van der Waals surface area contributed by atoms with E-state index in [4.69, 9.17) is 0 Å². The standard InChI is InChI=1S/C15H19NS3/c1-3-13(18-7-1)15(14-4-2-8-19-14)16-11-12-5-9-17-10-6-12/h1-4,7-8,12,15-16H,5-6,9-11H2. The maximum absolute atomic E-state index is 3.81. The molecule has 19 heavy (non-hydrogen) atoms. The summed E-state index contributed by atoms with van der Waals surface area (Å²) in [6, 6.07) is 9.20. The van der Waals surface area contributed by atoms with Gasteiger partial charge in [0.15, 0.2) is 0 Å². The van der Waals surface area contributed by atoms with Gasteiger partial charge in [-0.15, -0.1) is 22.7 Å². The molecule has 0 amide bonds. The molecule has 0 atom stereocenters. The van der Waals surface area contributed by atoms with Gasteiger partial charge in [-0.1, -0.05) is 12.1 Å². The summed E-state index contributed by atoms with van der Waals surface area (Å²) < 4.78 is 0. The quantitative estimate of drug-likeness (QED) is 0.864. The van der Waals surface area contributed by atoms with E-state index >= 15 is 0 Å². The predicted molar refractivity (Wildman–Crippen MR) is 88.5 cm³/mol. The van der Waals surface area contributed by atoms with Crippen molar-refractivity contribution in [2.45, 2.75) is 18.9 Å². The zero-order valence-corrected chi connectivity index (χ0v) is 13.3. The van der Waals surface area contributed by atoms with Crippen LogP contribution in [-0.4, -0.2) is 18.1 Å². The molecule has 0 unspecified atom stereocenters. The third kappa shape index (κ3) is 3.63. The van der Waals surface area contributed by atoms with Crippen LogP contribution < -0.4 is 5.32 Å². The minimum absolute atomic E-state index is 0.398. The molecule has 0 aromatic carbocycles. The predicted octanol–water partition coefficient (Wildman–Crippen LogP) is 4.63. The van der Waals surface area contributed by atoms with E-state index in [1.54, 1.807) is 0 Å². The number of rotatable bonds is 5. The minimum Gasteiger partial charge on any atom is -0.305 e. The molecule has 3 heterocycles. The Balaban J connectivity index is 1.66. The summed E-state index contributed by atoms with van der Waals surface area (Å²) in [6.07, 6.45) is 2.75. The summed E-state index contributed by atoms with van der Waals surface area (Å²) >= 11 is 5.82. The molecular weight excluding hydrogens is 290 g/mol. The molecule has 2 aromatic rings. The molecule has 0 radical (unpaired) electrons. The third-order valence-electron chi connectivity index (χ3n) is 3.61. The molecule has 0 aliphatic carbocycles. The first-order valence-electron chi connectivity index (χ1n) is 6.81. The maximum Gasteiger partial charge on any atom is 0.0764 e. The average molecular weight is 310 g/mol. The first-order valence-corrected chi connectivity index (χ1v) is 9.73. The Hall–Kier alpha value is -0.290. The summed E-state index contributed by atoms with van der Waals surface area (Å²) in [5, 5.41) is 8.16. The molecule has 1 fully saturated rings. The second-order valence-electron chi connectivity index (χ2n) is 4.93. The van der Waals surface area contributed by atoms with Gasteiger partial charge in [0, 0.05) is 9.75 Å². The highest BCUT2D eigenvalue weighted by Gasteiger charge is 2.19. The highest BCUT2D eigenvalue weighted by molar-refractivity contribution is 7.99. The normalized spacial score (nSPS) is 17.1. The van der Waals surface area contributed by atoms with E-state index in [1.807, 2.05) is 22.7 Å². The van der Waals surface area contributed by atoms with Gasteiger partial charge in [-0.05, 0) is 59.7 Å². The van der Waals surface area contributed by atoms with Crippen LogP contribution in [0.2, 0.25) is 0 Å². The van der Waals surface area contributed by atoms with Crippen molar-refractivity contribution in [3.05, 3.63) is 44.8 Å². The number of hydrogen-bond acceptors (Lipinski definition) is 4. The lowest BCUT2D eigenvalue weighted by atomic mass is 10.0. The smallest absolute Gasteiger partial charge is 0.0764 e. The number of hydrogen-bond donors (Lipinski definition) is 1. The molecule has 2 aromatic heterocycles. The lowest BCUT2D eigenvalue weighted by Gasteiger charge is -2.24. The van der Waals surface area contributed by atoms with Crippen LogP contribution in [0.4, 0.5) is 0 Å². The molecule has 1 nitrogen and oxygen atoms in total. The van der Waals surface area contributed by atoms with E-state index in [9.17, 15) is 0 Å². The first-order chi connectivity index (χ1) is 9.43. The molecule has 1 aliphatic rings. The van der Waals surface area contributed by atoms with E-state index in [2.05, 4.69) is 52.1 Å². The summed E-state index contributed by atoms with van der Waals surface area (Å²) in [7, 11) is 0. The Morgan fingerprint density at radius 1 is 1.05 bits per heavy atom. The van der Waals surface area contributed by atoms with Gasteiger partial charge in [-0.25, -0.2) is 0 Å². The molecule has 0 bridgehead atoms. The van der Waals surface area contributed by atoms with E-state index in [-0.39, 0.29) is 0 Å². The van der Waals surface area contributed by atoms with Crippen molar-refractivity contribution in [3.63, 3.8) is 0 Å². The van der Waals surface area contributed by atoms with Gasteiger partial charge in [0.25, 0.3) is 0 Å². The number of thioether (sulfide) groups is 1. The first kappa shape index (κ1) is 13.7. The summed E-state index contributed by atoms with van der Waals surface area (Å²) in [4.78, 5) is 2.88. The zero-order chi connectivity index (χ0) is 12.9. The molecule has 1 saturated heterocycles. The molecule has 0 spiro atoms. The molecule has 1 N–H and O–H groups in total. The Morgan fingerprint density at radius 2 is 1.68 bits per heavy atom. The lowest BCUT2D eigenvalue weighted by molar-refractivity contribution is 0.432. The van der Waals surface area contributed by atoms with Gasteiger partial charge in [0.1, 0.15) is 0 Å². The van der Waals surface area contributed by atoms with Crippen LogP contribution in [0.15, 0.2) is 35.0 Å². The van der Waals surface area contributed by atoms with E-state index in [0.29, 0.717) is 6.04 Å². The lowest BCUT2D eigenvalue weighted by Crippen LogP contribution is -2.29. The number of nitrogens with one attached hydrogen (secondary N) is 1. The van der Waals surface area contributed by atoms with E-state index in [1.165, 1.54) is 34.1 Å². The van der Waals surface area contributed by atoms with Gasteiger partial charge in [-0.2, -0.15) is 11.8 Å². The second-order valence-corrected chi connectivity index (χ2v) is 8.11. The third-order valence-corrected chi connectivity index (χ3v) is 6.53. The minimum atomic E-state index is 0.398. The van der Waals surface area contributed by atoms with Gasteiger partial charge in [0.05, 0.1) is 6.04 Å². The highest BCUT2D eigenvalue weighted by atomic mass is 32.2. The van der Waals surface area contributed by atoms with Crippen LogP contribution in [0.3, 0.4) is 0 Å². The van der Waals surface area contributed by atoms with Gasteiger partial charge in [-0.3, -0.25) is 0 Å². The van der Waals surface area contributed by atoms with Crippen LogP contribution in [0.1, 0.15) is 28.6 Å². The van der Waals surface area contributed by atoms with Crippen molar-refractivity contribution in [1.29, 1.82) is 0 Å². The number of thiophene rings is 2. The van der Waals surface area contributed by atoms with Crippen LogP contribution in [0.25, 0.3) is 0 Å². The average Bonchev–Trinajstić information content (AvgIpc) is 3.13. The van der Waals surface area contributed by atoms with Crippen molar-refractivity contribution < 1.29 is 0 Å². The van der Waals surface area contributed by atoms with E-state index in [0.717, 1.165) is 12.5 Å². The van der Waals surface area contributed by atoms with Crippen molar-refractivity contribution in [2.75, 3.05) is 18.1 Å². The maximum atomic E-state index is 3.81. The Labute approximate surface area is 127 Å². The van der Waals surface area contributed by atoms with Gasteiger partial charge >= 0.3 is 0 Å². The fourth-order valence-electron chi connectivity index (χ4n) is 2.49. The monoisotopic (exact) mass is 309 g/mol. The fraction of sp³-hybridized carbons (Fsp3) is 0.467. The Kier molecular flexibility index (Phi) is 4.99. The molecule has 4 heteroatoms. The summed E-state index contributed by atoms with van der Waals surface area (Å²) in [5.41, 5.74) is 0. The van der Waals surface area contributed by atoms with Crippen LogP contribution in [0, 0.1) is 5.92 Å². The van der Waals surface area contributed by atoms with Crippen LogP contribution in [-0.2, 0) is 0 Å². The molecular formula is C15H19NS3. The zero-order valence-electron chi connectivity index (χ0n) is 10.9. The van der Waals surface area contributed by atoms with Crippen molar-refractivity contribution in [2.24, 2.45) is 5.92 Å². The van der Waals surface area contributed by atoms with Crippen molar-refractivity contribution >= 4 is 34.4 Å². The van der Waals surface area contributed by atoms with Crippen LogP contribution in [0.5, 0.6) is 0 Å². The van der Waals surface area contributed by atoms with E-state index < -0.39 is 0 Å². The highest BCUT2D eigenvalue weighted by Crippen LogP contribution is 2.30.